The van der Waals surface area contributed by atoms with Gasteiger partial charge in [0.15, 0.2) is 6.29 Å². The first-order valence-corrected chi connectivity index (χ1v) is 15.8. The van der Waals surface area contributed by atoms with Crippen LogP contribution in [0.2, 0.25) is 0 Å². The summed E-state index contributed by atoms with van der Waals surface area (Å²) >= 11 is 0. The van der Waals surface area contributed by atoms with Gasteiger partial charge in [0.1, 0.15) is 23.6 Å². The molecule has 0 aliphatic carbocycles. The summed E-state index contributed by atoms with van der Waals surface area (Å²) in [6.07, 6.45) is 0.935. The van der Waals surface area contributed by atoms with Crippen molar-refractivity contribution in [2.45, 2.75) is 38.7 Å². The fraction of sp³-hybridized carbons (Fsp3) is 0.353. The van der Waals surface area contributed by atoms with Crippen molar-refractivity contribution in [1.29, 1.82) is 0 Å². The zero-order valence-corrected chi connectivity index (χ0v) is 26.7. The number of imidazole rings is 1. The summed E-state index contributed by atoms with van der Waals surface area (Å²) in [6.45, 7) is 3.40. The van der Waals surface area contributed by atoms with E-state index >= 15 is 0 Å². The highest BCUT2D eigenvalue weighted by atomic mass is 16.7. The van der Waals surface area contributed by atoms with Crippen LogP contribution in [0.3, 0.4) is 0 Å². The molecule has 2 aromatic heterocycles. The number of benzene rings is 2. The van der Waals surface area contributed by atoms with Crippen molar-refractivity contribution in [2.75, 3.05) is 36.6 Å². The van der Waals surface area contributed by atoms with E-state index in [0.29, 0.717) is 35.6 Å². The van der Waals surface area contributed by atoms with Gasteiger partial charge >= 0.3 is 12.1 Å². The molecule has 2 saturated heterocycles. The molecule has 48 heavy (non-hydrogen) atoms. The molecule has 3 N–H and O–H groups in total. The van der Waals surface area contributed by atoms with Crippen LogP contribution in [0.1, 0.15) is 41.5 Å². The molecule has 6 rings (SSSR count). The molecule has 4 aromatic rings. The van der Waals surface area contributed by atoms with Crippen molar-refractivity contribution in [3.05, 3.63) is 83.8 Å². The van der Waals surface area contributed by atoms with Crippen LogP contribution in [0.25, 0.3) is 11.0 Å². The molecule has 14 heteroatoms. The van der Waals surface area contributed by atoms with E-state index in [2.05, 4.69) is 15.3 Å². The van der Waals surface area contributed by atoms with E-state index in [1.54, 1.807) is 55.6 Å². The van der Waals surface area contributed by atoms with Crippen LogP contribution in [-0.4, -0.2) is 77.1 Å². The average molecular weight is 656 g/mol. The molecule has 3 atom stereocenters. The maximum absolute atomic E-state index is 13.6. The van der Waals surface area contributed by atoms with Crippen LogP contribution < -0.4 is 16.0 Å². The van der Waals surface area contributed by atoms with E-state index in [-0.39, 0.29) is 56.1 Å². The second-order valence-corrected chi connectivity index (χ2v) is 11.4. The Morgan fingerprint density at radius 3 is 2.69 bits per heavy atom. The monoisotopic (exact) mass is 655 g/mol. The molecule has 14 nitrogen and oxygen atoms in total. The lowest BCUT2D eigenvalue weighted by atomic mass is 10.0. The van der Waals surface area contributed by atoms with Crippen molar-refractivity contribution in [1.82, 2.24) is 14.5 Å². The molecule has 250 valence electrons. The van der Waals surface area contributed by atoms with Crippen LogP contribution >= 0.6 is 0 Å². The number of carbonyl (C=O) groups excluding carboxylic acids is 3. The normalized spacial score (nSPS) is 18.8. The third kappa shape index (κ3) is 7.29. The number of amidine groups is 1. The molecule has 0 saturated carbocycles. The highest BCUT2D eigenvalue weighted by Gasteiger charge is 2.43. The maximum atomic E-state index is 13.6. The van der Waals surface area contributed by atoms with Crippen LogP contribution in [0.4, 0.5) is 16.3 Å². The molecule has 2 aliphatic heterocycles. The van der Waals surface area contributed by atoms with Gasteiger partial charge in [-0.25, -0.2) is 14.8 Å². The van der Waals surface area contributed by atoms with Gasteiger partial charge in [-0.15, -0.1) is 0 Å². The lowest BCUT2D eigenvalue weighted by Crippen LogP contribution is -2.34. The number of aryl methyl sites for hydroxylation is 1. The van der Waals surface area contributed by atoms with E-state index in [1.807, 2.05) is 29.8 Å². The number of hydrogen-bond donors (Lipinski definition) is 2. The first kappa shape index (κ1) is 32.6. The molecule has 2 amide bonds. The van der Waals surface area contributed by atoms with E-state index in [4.69, 9.17) is 29.7 Å². The first-order valence-electron chi connectivity index (χ1n) is 15.8. The summed E-state index contributed by atoms with van der Waals surface area (Å²) in [7, 11) is 1.91. The van der Waals surface area contributed by atoms with Gasteiger partial charge in [0.25, 0.3) is 5.91 Å². The third-order valence-corrected chi connectivity index (χ3v) is 8.32. The standard InChI is InChI=1S/C34H37N7O7/c1-3-45-30(42)13-16-41(28-6-4-5-15-36-28)32(43)22-9-12-26-25(18-22)38-29(40(26)2)19-37-23-10-7-21(8-11-23)31(35)39-34(44)48-27-20-47-33-24(27)14-17-46-33/h4-12,15,18,24,27,33,37H,3,13-14,16-17,19-20H2,1-2H3,(H2,35,39,44)/t24-,27-,33+/m1/s1. The number of pyridine rings is 1. The zero-order chi connectivity index (χ0) is 33.6. The zero-order valence-electron chi connectivity index (χ0n) is 26.7. The van der Waals surface area contributed by atoms with E-state index < -0.39 is 12.2 Å². The fourth-order valence-corrected chi connectivity index (χ4v) is 5.77. The topological polar surface area (TPSA) is 172 Å². The molecular weight excluding hydrogens is 618 g/mol. The molecule has 0 spiro atoms. The van der Waals surface area contributed by atoms with Gasteiger partial charge < -0.3 is 34.6 Å². The predicted molar refractivity (Wildman–Crippen MR) is 176 cm³/mol. The predicted octanol–water partition coefficient (Wildman–Crippen LogP) is 3.78. The molecule has 2 fully saturated rings. The Morgan fingerprint density at radius 2 is 1.92 bits per heavy atom. The van der Waals surface area contributed by atoms with Crippen LogP contribution in [0.15, 0.2) is 71.9 Å². The number of anilines is 2. The second-order valence-electron chi connectivity index (χ2n) is 11.4. The van der Waals surface area contributed by atoms with Crippen molar-refractivity contribution in [3.8, 4) is 0 Å². The Kier molecular flexibility index (Phi) is 9.92. The molecule has 0 bridgehead atoms. The Bertz CT molecular complexity index is 1810. The van der Waals surface area contributed by atoms with Crippen molar-refractivity contribution >= 4 is 46.3 Å². The van der Waals surface area contributed by atoms with E-state index in [9.17, 15) is 14.4 Å². The summed E-state index contributed by atoms with van der Waals surface area (Å²) in [5, 5.41) is 3.35. The summed E-state index contributed by atoms with van der Waals surface area (Å²) in [5.74, 6) is 0.570. The van der Waals surface area contributed by atoms with Gasteiger partial charge in [0, 0.05) is 36.6 Å². The van der Waals surface area contributed by atoms with Gasteiger partial charge in [0.05, 0.1) is 49.7 Å². The Balaban J connectivity index is 1.09. The van der Waals surface area contributed by atoms with Crippen LogP contribution in [0.5, 0.6) is 0 Å². The number of aromatic nitrogens is 3. The number of nitrogens with two attached hydrogens (primary N) is 1. The Hall–Kier alpha value is -5.34. The van der Waals surface area contributed by atoms with Crippen molar-refractivity contribution in [3.63, 3.8) is 0 Å². The molecule has 0 radical (unpaired) electrons. The van der Waals surface area contributed by atoms with Gasteiger partial charge in [-0.3, -0.25) is 14.5 Å². The van der Waals surface area contributed by atoms with Gasteiger partial charge in [-0.05, 0) is 67.9 Å². The number of nitrogens with zero attached hydrogens (tertiary/aromatic N) is 5. The summed E-state index contributed by atoms with van der Waals surface area (Å²) in [5.41, 5.74) is 9.39. The second kappa shape index (κ2) is 14.6. The van der Waals surface area contributed by atoms with Gasteiger partial charge in [-0.1, -0.05) is 6.07 Å². The van der Waals surface area contributed by atoms with E-state index in [0.717, 1.165) is 23.4 Å². The van der Waals surface area contributed by atoms with Crippen molar-refractivity contribution in [2.24, 2.45) is 23.7 Å². The van der Waals surface area contributed by atoms with Gasteiger partial charge in [0.2, 0.25) is 0 Å². The molecule has 2 aliphatic rings. The Morgan fingerprint density at radius 1 is 1.10 bits per heavy atom. The number of carbonyl (C=O) groups is 3. The molecule has 4 heterocycles. The fourth-order valence-electron chi connectivity index (χ4n) is 5.77. The highest BCUT2D eigenvalue weighted by Crippen LogP contribution is 2.33. The number of esters is 1. The summed E-state index contributed by atoms with van der Waals surface area (Å²) < 4.78 is 23.4. The quantitative estimate of drug-likeness (QED) is 0.137. The first-order chi connectivity index (χ1) is 23.3. The lowest BCUT2D eigenvalue weighted by molar-refractivity contribution is -0.142. The average Bonchev–Trinajstić information content (AvgIpc) is 3.80. The smallest absolute Gasteiger partial charge is 0.435 e. The highest BCUT2D eigenvalue weighted by molar-refractivity contribution is 6.07. The third-order valence-electron chi connectivity index (χ3n) is 8.32. The summed E-state index contributed by atoms with van der Waals surface area (Å²) in [6, 6.07) is 17.8. The number of nitrogens with one attached hydrogen (secondary N) is 1. The number of aliphatic imine (C=N–C) groups is 1. The minimum atomic E-state index is -0.760. The minimum absolute atomic E-state index is 0.0215. The van der Waals surface area contributed by atoms with Gasteiger partial charge in [-0.2, -0.15) is 4.99 Å². The number of fused-ring (bicyclic) bond motifs is 2. The van der Waals surface area contributed by atoms with Crippen LogP contribution in [-0.2, 0) is 37.3 Å². The number of ether oxygens (including phenoxy) is 4. The van der Waals surface area contributed by atoms with Crippen LogP contribution in [0, 0.1) is 5.92 Å². The molecule has 2 aromatic carbocycles. The lowest BCUT2D eigenvalue weighted by Gasteiger charge is -2.21. The SMILES string of the molecule is CCOC(=O)CCN(C(=O)c1ccc2c(c1)nc(CNc1ccc(/C(N)=N\C(=O)O[C@@H]3CO[C@@H]4OCC[C@@H]43)cc1)n2C)c1ccccn1. The largest absolute Gasteiger partial charge is 0.466 e. The van der Waals surface area contributed by atoms with E-state index in [1.165, 1.54) is 4.90 Å². The molecule has 0 unspecified atom stereocenters. The summed E-state index contributed by atoms with van der Waals surface area (Å²) in [4.78, 5) is 52.6. The van der Waals surface area contributed by atoms with Crippen molar-refractivity contribution < 1.29 is 33.3 Å². The number of amides is 2. The Labute approximate surface area is 276 Å². The number of hydrogen-bond acceptors (Lipinski definition) is 10. The molecular formula is C34H37N7O7. The maximum Gasteiger partial charge on any atom is 0.435 e. The minimum Gasteiger partial charge on any atom is -0.466 e. The number of rotatable bonds is 11.